The molecule has 0 aromatic heterocycles. The molecule has 2 aromatic rings. The van der Waals surface area contributed by atoms with Crippen LogP contribution in [-0.4, -0.2) is 5.91 Å². The fourth-order valence-electron chi connectivity index (χ4n) is 1.52. The lowest BCUT2D eigenvalue weighted by molar-refractivity contribution is -0.114. The smallest absolute Gasteiger partial charge is 0.221 e. The van der Waals surface area contributed by atoms with E-state index in [2.05, 4.69) is 27.9 Å². The second-order valence-corrected chi connectivity index (χ2v) is 5.02. The SMILES string of the molecule is CC(=O)Nc1cc(F)ccc1Oc1ccccc1I. The van der Waals surface area contributed by atoms with Crippen molar-refractivity contribution >= 4 is 34.2 Å². The topological polar surface area (TPSA) is 38.3 Å². The molecule has 3 nitrogen and oxygen atoms in total. The van der Waals surface area contributed by atoms with Crippen LogP contribution in [0.2, 0.25) is 0 Å². The molecule has 98 valence electrons. The normalized spacial score (nSPS) is 10.1. The molecule has 0 saturated carbocycles. The molecule has 0 aliphatic rings. The maximum absolute atomic E-state index is 13.2. The molecule has 0 radical (unpaired) electrons. The largest absolute Gasteiger partial charge is 0.454 e. The van der Waals surface area contributed by atoms with E-state index in [1.165, 1.54) is 25.1 Å². The van der Waals surface area contributed by atoms with Crippen LogP contribution >= 0.6 is 22.6 Å². The summed E-state index contributed by atoms with van der Waals surface area (Å²) in [6.45, 7) is 1.36. The van der Waals surface area contributed by atoms with Crippen LogP contribution in [0.1, 0.15) is 6.92 Å². The first-order valence-electron chi connectivity index (χ1n) is 5.56. The minimum atomic E-state index is -0.432. The first-order chi connectivity index (χ1) is 9.06. The molecule has 1 N–H and O–H groups in total. The summed E-state index contributed by atoms with van der Waals surface area (Å²) in [6.07, 6.45) is 0. The third kappa shape index (κ3) is 3.66. The molecule has 0 fully saturated rings. The third-order valence-electron chi connectivity index (χ3n) is 2.31. The molecule has 0 spiro atoms. The Labute approximate surface area is 123 Å². The maximum Gasteiger partial charge on any atom is 0.221 e. The van der Waals surface area contributed by atoms with Crippen LogP contribution in [0.4, 0.5) is 10.1 Å². The molecule has 1 amide bonds. The van der Waals surface area contributed by atoms with Crippen LogP contribution in [0.5, 0.6) is 11.5 Å². The summed E-state index contributed by atoms with van der Waals surface area (Å²) >= 11 is 2.14. The number of nitrogens with one attached hydrogen (secondary N) is 1. The summed E-state index contributed by atoms with van der Waals surface area (Å²) < 4.78 is 19.8. The van der Waals surface area contributed by atoms with Gasteiger partial charge in [0.2, 0.25) is 5.91 Å². The Morgan fingerprint density at radius 3 is 2.63 bits per heavy atom. The second kappa shape index (κ2) is 6.01. The van der Waals surface area contributed by atoms with Gasteiger partial charge in [-0.05, 0) is 46.9 Å². The molecule has 0 aliphatic carbocycles. The van der Waals surface area contributed by atoms with Gasteiger partial charge in [-0.3, -0.25) is 4.79 Å². The monoisotopic (exact) mass is 371 g/mol. The van der Waals surface area contributed by atoms with Crippen molar-refractivity contribution in [2.75, 3.05) is 5.32 Å². The van der Waals surface area contributed by atoms with E-state index in [0.717, 1.165) is 3.57 Å². The summed E-state index contributed by atoms with van der Waals surface area (Å²) in [5, 5.41) is 2.55. The Balaban J connectivity index is 2.34. The standard InChI is InChI=1S/C14H11FINO2/c1-9(18)17-12-8-10(15)6-7-14(12)19-13-5-3-2-4-11(13)16/h2-8H,1H3,(H,17,18). The number of carbonyl (C=O) groups is 1. The number of halogens is 2. The maximum atomic E-state index is 13.2. The Hall–Kier alpha value is -1.63. The number of ether oxygens (including phenoxy) is 1. The number of hydrogen-bond acceptors (Lipinski definition) is 2. The van der Waals surface area contributed by atoms with Gasteiger partial charge in [0, 0.05) is 13.0 Å². The Kier molecular flexibility index (Phi) is 4.36. The van der Waals surface area contributed by atoms with Gasteiger partial charge in [-0.15, -0.1) is 0 Å². The molecule has 0 unspecified atom stereocenters. The van der Waals surface area contributed by atoms with Crippen LogP contribution in [0.15, 0.2) is 42.5 Å². The van der Waals surface area contributed by atoms with Crippen molar-refractivity contribution in [1.29, 1.82) is 0 Å². The molecular formula is C14H11FINO2. The van der Waals surface area contributed by atoms with Crippen molar-refractivity contribution in [2.45, 2.75) is 6.92 Å². The highest BCUT2D eigenvalue weighted by atomic mass is 127. The summed E-state index contributed by atoms with van der Waals surface area (Å²) in [5.74, 6) is 0.346. The fraction of sp³-hybridized carbons (Fsp3) is 0.0714. The first kappa shape index (κ1) is 13.8. The predicted octanol–water partition coefficient (Wildman–Crippen LogP) is 4.18. The molecule has 0 saturated heterocycles. The number of rotatable bonds is 3. The molecule has 0 atom stereocenters. The van der Waals surface area contributed by atoms with E-state index in [1.807, 2.05) is 24.3 Å². The highest BCUT2D eigenvalue weighted by Gasteiger charge is 2.09. The molecular weight excluding hydrogens is 360 g/mol. The van der Waals surface area contributed by atoms with Crippen LogP contribution in [-0.2, 0) is 4.79 Å². The van der Waals surface area contributed by atoms with Crippen LogP contribution in [0.25, 0.3) is 0 Å². The van der Waals surface area contributed by atoms with Gasteiger partial charge in [-0.2, -0.15) is 0 Å². The van der Waals surface area contributed by atoms with Crippen molar-refractivity contribution in [3.05, 3.63) is 51.9 Å². The Morgan fingerprint density at radius 2 is 1.95 bits per heavy atom. The Morgan fingerprint density at radius 1 is 1.21 bits per heavy atom. The quantitative estimate of drug-likeness (QED) is 0.823. The van der Waals surface area contributed by atoms with Crippen molar-refractivity contribution in [3.63, 3.8) is 0 Å². The molecule has 2 rings (SSSR count). The lowest BCUT2D eigenvalue weighted by Gasteiger charge is -2.12. The third-order valence-corrected chi connectivity index (χ3v) is 3.20. The average molecular weight is 371 g/mol. The molecule has 0 aliphatic heterocycles. The zero-order valence-corrected chi connectivity index (χ0v) is 12.3. The molecule has 2 aromatic carbocycles. The molecule has 0 heterocycles. The van der Waals surface area contributed by atoms with Crippen LogP contribution < -0.4 is 10.1 Å². The van der Waals surface area contributed by atoms with Crippen LogP contribution in [0.3, 0.4) is 0 Å². The number of para-hydroxylation sites is 1. The highest BCUT2D eigenvalue weighted by molar-refractivity contribution is 14.1. The fourth-order valence-corrected chi connectivity index (χ4v) is 2.02. The summed E-state index contributed by atoms with van der Waals surface area (Å²) in [5.41, 5.74) is 0.312. The van der Waals surface area contributed by atoms with E-state index in [-0.39, 0.29) is 5.91 Å². The predicted molar refractivity (Wildman–Crippen MR) is 79.9 cm³/mol. The Bertz CT molecular complexity index is 616. The van der Waals surface area contributed by atoms with Gasteiger partial charge in [0.05, 0.1) is 9.26 Å². The van der Waals surface area contributed by atoms with Crippen LogP contribution in [0, 0.1) is 9.39 Å². The van der Waals surface area contributed by atoms with E-state index in [9.17, 15) is 9.18 Å². The number of amides is 1. The van der Waals surface area contributed by atoms with Gasteiger partial charge in [0.15, 0.2) is 5.75 Å². The zero-order chi connectivity index (χ0) is 13.8. The summed E-state index contributed by atoms with van der Waals surface area (Å²) in [6, 6.07) is 11.5. The summed E-state index contributed by atoms with van der Waals surface area (Å²) in [4.78, 5) is 11.1. The lowest BCUT2D eigenvalue weighted by Crippen LogP contribution is -2.07. The van der Waals surface area contributed by atoms with E-state index in [0.29, 0.717) is 17.2 Å². The van der Waals surface area contributed by atoms with Crippen molar-refractivity contribution in [1.82, 2.24) is 0 Å². The van der Waals surface area contributed by atoms with Gasteiger partial charge in [0.1, 0.15) is 11.6 Å². The minimum absolute atomic E-state index is 0.279. The van der Waals surface area contributed by atoms with Crippen molar-refractivity contribution in [3.8, 4) is 11.5 Å². The van der Waals surface area contributed by atoms with Gasteiger partial charge in [0.25, 0.3) is 0 Å². The van der Waals surface area contributed by atoms with E-state index >= 15 is 0 Å². The van der Waals surface area contributed by atoms with Crippen molar-refractivity contribution in [2.24, 2.45) is 0 Å². The molecule has 0 bridgehead atoms. The molecule has 19 heavy (non-hydrogen) atoms. The van der Waals surface area contributed by atoms with E-state index < -0.39 is 5.82 Å². The van der Waals surface area contributed by atoms with Gasteiger partial charge in [-0.25, -0.2) is 4.39 Å². The lowest BCUT2D eigenvalue weighted by atomic mass is 10.2. The average Bonchev–Trinajstić information content (AvgIpc) is 2.34. The number of anilines is 1. The molecule has 5 heteroatoms. The van der Waals surface area contributed by atoms with Gasteiger partial charge >= 0.3 is 0 Å². The van der Waals surface area contributed by atoms with E-state index in [1.54, 1.807) is 0 Å². The van der Waals surface area contributed by atoms with Crippen molar-refractivity contribution < 1.29 is 13.9 Å². The summed E-state index contributed by atoms with van der Waals surface area (Å²) in [7, 11) is 0. The second-order valence-electron chi connectivity index (χ2n) is 3.85. The number of benzene rings is 2. The first-order valence-corrected chi connectivity index (χ1v) is 6.63. The number of carbonyl (C=O) groups excluding carboxylic acids is 1. The van der Waals surface area contributed by atoms with E-state index in [4.69, 9.17) is 4.74 Å². The number of hydrogen-bond donors (Lipinski definition) is 1. The highest BCUT2D eigenvalue weighted by Crippen LogP contribution is 2.32. The minimum Gasteiger partial charge on any atom is -0.454 e. The zero-order valence-electron chi connectivity index (χ0n) is 10.1. The van der Waals surface area contributed by atoms with Gasteiger partial charge < -0.3 is 10.1 Å². The van der Waals surface area contributed by atoms with Gasteiger partial charge in [-0.1, -0.05) is 12.1 Å².